The zero-order chi connectivity index (χ0) is 11.8. The molecule has 0 aliphatic heterocycles. The Morgan fingerprint density at radius 3 is 2.62 bits per heavy atom. The zero-order valence-electron chi connectivity index (χ0n) is 9.16. The quantitative estimate of drug-likeness (QED) is 0.758. The summed E-state index contributed by atoms with van der Waals surface area (Å²) in [4.78, 5) is 0. The van der Waals surface area contributed by atoms with Crippen LogP contribution in [0.15, 0.2) is 22.7 Å². The lowest BCUT2D eigenvalue weighted by atomic mass is 10.2. The Labute approximate surface area is 104 Å². The van der Waals surface area contributed by atoms with Crippen molar-refractivity contribution in [2.45, 2.75) is 25.9 Å². The second-order valence-electron chi connectivity index (χ2n) is 3.54. The Morgan fingerprint density at radius 1 is 1.12 bits per heavy atom. The largest absolute Gasteiger partial charge is 0.494 e. The number of aliphatic hydroxyl groups excluding tert-OH is 2. The number of hydrogen-bond acceptors (Lipinski definition) is 3. The molecule has 16 heavy (non-hydrogen) atoms. The number of halogens is 1. The third-order valence-corrected chi connectivity index (χ3v) is 3.03. The summed E-state index contributed by atoms with van der Waals surface area (Å²) < 4.78 is 6.43. The number of unbranched alkanes of at least 4 members (excludes halogenated alkanes) is 2. The first kappa shape index (κ1) is 13.5. The fraction of sp³-hybridized carbons (Fsp3) is 0.500. The third-order valence-electron chi connectivity index (χ3n) is 2.26. The Bertz CT molecular complexity index is 315. The fourth-order valence-corrected chi connectivity index (χ4v) is 1.71. The lowest BCUT2D eigenvalue weighted by molar-refractivity contribution is 0.264. The average molecular weight is 289 g/mol. The van der Waals surface area contributed by atoms with Gasteiger partial charge in [-0.2, -0.15) is 0 Å². The van der Waals surface area contributed by atoms with Crippen molar-refractivity contribution in [1.82, 2.24) is 0 Å². The van der Waals surface area contributed by atoms with E-state index < -0.39 is 0 Å². The van der Waals surface area contributed by atoms with Crippen LogP contribution >= 0.6 is 15.9 Å². The van der Waals surface area contributed by atoms with Crippen LogP contribution in [0.4, 0.5) is 0 Å². The van der Waals surface area contributed by atoms with E-state index in [2.05, 4.69) is 15.9 Å². The van der Waals surface area contributed by atoms with Gasteiger partial charge in [0, 0.05) is 11.1 Å². The van der Waals surface area contributed by atoms with Crippen molar-refractivity contribution >= 4 is 15.9 Å². The first-order valence-electron chi connectivity index (χ1n) is 5.41. The van der Waals surface area contributed by atoms with E-state index in [-0.39, 0.29) is 13.2 Å². The van der Waals surface area contributed by atoms with Gasteiger partial charge in [0.2, 0.25) is 0 Å². The molecule has 0 bridgehead atoms. The van der Waals surface area contributed by atoms with Gasteiger partial charge < -0.3 is 14.9 Å². The third kappa shape index (κ3) is 4.51. The molecule has 2 N–H and O–H groups in total. The highest BCUT2D eigenvalue weighted by Crippen LogP contribution is 2.22. The molecule has 0 aliphatic rings. The van der Waals surface area contributed by atoms with Gasteiger partial charge in [0.15, 0.2) is 0 Å². The molecule has 0 aromatic heterocycles. The van der Waals surface area contributed by atoms with E-state index in [9.17, 15) is 0 Å². The molecule has 0 radical (unpaired) electrons. The molecule has 1 aromatic carbocycles. The highest BCUT2D eigenvalue weighted by Gasteiger charge is 2.01. The van der Waals surface area contributed by atoms with E-state index in [1.54, 1.807) is 0 Å². The highest BCUT2D eigenvalue weighted by molar-refractivity contribution is 9.10. The predicted molar refractivity (Wildman–Crippen MR) is 66.5 cm³/mol. The molecule has 0 fully saturated rings. The van der Waals surface area contributed by atoms with Gasteiger partial charge >= 0.3 is 0 Å². The van der Waals surface area contributed by atoms with Gasteiger partial charge in [-0.15, -0.1) is 0 Å². The number of rotatable bonds is 7. The van der Waals surface area contributed by atoms with Crippen molar-refractivity contribution in [1.29, 1.82) is 0 Å². The number of hydrogen-bond donors (Lipinski definition) is 2. The van der Waals surface area contributed by atoms with Gasteiger partial charge in [-0.25, -0.2) is 0 Å². The normalized spacial score (nSPS) is 10.4. The fourth-order valence-electron chi connectivity index (χ4n) is 1.34. The second kappa shape index (κ2) is 7.65. The summed E-state index contributed by atoms with van der Waals surface area (Å²) in [5.41, 5.74) is 0.827. The lowest BCUT2D eigenvalue weighted by Crippen LogP contribution is -1.98. The number of aliphatic hydroxyl groups is 2. The van der Waals surface area contributed by atoms with Crippen molar-refractivity contribution in [3.8, 4) is 5.75 Å². The Kier molecular flexibility index (Phi) is 6.45. The van der Waals surface area contributed by atoms with Gasteiger partial charge in [-0.1, -0.05) is 15.9 Å². The van der Waals surface area contributed by atoms with Gasteiger partial charge in [-0.3, -0.25) is 0 Å². The van der Waals surface area contributed by atoms with Crippen molar-refractivity contribution < 1.29 is 14.9 Å². The molecule has 0 heterocycles. The maximum atomic E-state index is 9.07. The lowest BCUT2D eigenvalue weighted by Gasteiger charge is -2.08. The van der Waals surface area contributed by atoms with Crippen molar-refractivity contribution in [2.75, 3.05) is 13.2 Å². The van der Waals surface area contributed by atoms with Crippen LogP contribution in [0.25, 0.3) is 0 Å². The van der Waals surface area contributed by atoms with Crippen LogP contribution in [0, 0.1) is 0 Å². The summed E-state index contributed by atoms with van der Waals surface area (Å²) in [5.74, 6) is 0.774. The van der Waals surface area contributed by atoms with E-state index in [1.165, 1.54) is 0 Å². The number of ether oxygens (including phenoxy) is 1. The Morgan fingerprint density at radius 2 is 1.94 bits per heavy atom. The van der Waals surface area contributed by atoms with Gasteiger partial charge in [0.25, 0.3) is 0 Å². The van der Waals surface area contributed by atoms with E-state index in [0.717, 1.165) is 35.0 Å². The highest BCUT2D eigenvalue weighted by atomic mass is 79.9. The summed E-state index contributed by atoms with van der Waals surface area (Å²) >= 11 is 3.35. The molecule has 0 aliphatic carbocycles. The molecule has 4 heteroatoms. The molecule has 0 unspecified atom stereocenters. The van der Waals surface area contributed by atoms with Crippen LogP contribution in [0.2, 0.25) is 0 Å². The summed E-state index contributed by atoms with van der Waals surface area (Å²) in [6, 6.07) is 5.57. The maximum Gasteiger partial charge on any atom is 0.119 e. The van der Waals surface area contributed by atoms with Crippen LogP contribution in [0.1, 0.15) is 24.8 Å². The zero-order valence-corrected chi connectivity index (χ0v) is 10.7. The molecule has 0 saturated carbocycles. The Balaban J connectivity index is 2.36. The molecule has 0 saturated heterocycles. The van der Waals surface area contributed by atoms with Crippen molar-refractivity contribution in [2.24, 2.45) is 0 Å². The predicted octanol–water partition coefficient (Wildman–Crippen LogP) is 2.48. The van der Waals surface area contributed by atoms with Crippen LogP contribution in [-0.4, -0.2) is 23.4 Å². The average Bonchev–Trinajstić information content (AvgIpc) is 2.31. The Hall–Kier alpha value is -0.580. The first-order valence-corrected chi connectivity index (χ1v) is 6.20. The summed E-state index contributed by atoms with van der Waals surface area (Å²) in [6.07, 6.45) is 2.73. The minimum atomic E-state index is 0.00228. The van der Waals surface area contributed by atoms with Gasteiger partial charge in [-0.05, 0) is 43.0 Å². The molecular formula is C12H17BrO3. The van der Waals surface area contributed by atoms with E-state index in [4.69, 9.17) is 14.9 Å². The summed E-state index contributed by atoms with van der Waals surface area (Å²) in [7, 11) is 0. The van der Waals surface area contributed by atoms with Crippen LogP contribution in [-0.2, 0) is 6.61 Å². The second-order valence-corrected chi connectivity index (χ2v) is 4.40. The molecule has 3 nitrogen and oxygen atoms in total. The standard InChI is InChI=1S/C12H17BrO3/c13-12-5-4-11(8-10(12)9-15)16-7-3-1-2-6-14/h4-5,8,14-15H,1-3,6-7,9H2. The summed E-state index contributed by atoms with van der Waals surface area (Å²) in [6.45, 7) is 0.891. The topological polar surface area (TPSA) is 49.7 Å². The van der Waals surface area contributed by atoms with Gasteiger partial charge in [0.05, 0.1) is 13.2 Å². The molecule has 0 spiro atoms. The van der Waals surface area contributed by atoms with Crippen molar-refractivity contribution in [3.05, 3.63) is 28.2 Å². The summed E-state index contributed by atoms with van der Waals surface area (Å²) in [5, 5.41) is 17.7. The monoisotopic (exact) mass is 288 g/mol. The van der Waals surface area contributed by atoms with E-state index >= 15 is 0 Å². The first-order chi connectivity index (χ1) is 7.77. The maximum absolute atomic E-state index is 9.07. The molecular weight excluding hydrogens is 272 g/mol. The minimum Gasteiger partial charge on any atom is -0.494 e. The van der Waals surface area contributed by atoms with Crippen LogP contribution in [0.5, 0.6) is 5.75 Å². The smallest absolute Gasteiger partial charge is 0.119 e. The van der Waals surface area contributed by atoms with Crippen LogP contribution in [0.3, 0.4) is 0 Å². The SMILES string of the molecule is OCCCCCOc1ccc(Br)c(CO)c1. The molecule has 0 atom stereocenters. The van der Waals surface area contributed by atoms with Gasteiger partial charge in [0.1, 0.15) is 5.75 Å². The minimum absolute atomic E-state index is 0.00228. The van der Waals surface area contributed by atoms with Crippen molar-refractivity contribution in [3.63, 3.8) is 0 Å². The molecule has 1 rings (SSSR count). The van der Waals surface area contributed by atoms with E-state index in [1.807, 2.05) is 18.2 Å². The molecule has 90 valence electrons. The number of benzene rings is 1. The molecule has 1 aromatic rings. The van der Waals surface area contributed by atoms with Crippen LogP contribution < -0.4 is 4.74 Å². The molecule has 0 amide bonds. The van der Waals surface area contributed by atoms with E-state index in [0.29, 0.717) is 6.61 Å².